The van der Waals surface area contributed by atoms with Crippen LogP contribution in [0, 0.1) is 0 Å². The Morgan fingerprint density at radius 2 is 2.33 bits per heavy atom. The van der Waals surface area contributed by atoms with E-state index in [1.165, 1.54) is 0 Å². The van der Waals surface area contributed by atoms with Crippen molar-refractivity contribution in [3.05, 3.63) is 23.7 Å². The Kier molecular flexibility index (Phi) is 3.85. The molecule has 5 heteroatoms. The monoisotopic (exact) mass is 253 g/mol. The third-order valence-electron chi connectivity index (χ3n) is 2.93. The van der Waals surface area contributed by atoms with Gasteiger partial charge in [0.15, 0.2) is 12.0 Å². The first-order valence-electron chi connectivity index (χ1n) is 6.07. The zero-order valence-corrected chi connectivity index (χ0v) is 10.8. The molecule has 0 spiro atoms. The quantitative estimate of drug-likeness (QED) is 0.813. The van der Waals surface area contributed by atoms with E-state index in [1.54, 1.807) is 12.1 Å². The molecule has 1 aromatic rings. The van der Waals surface area contributed by atoms with Crippen molar-refractivity contribution in [3.8, 4) is 0 Å². The number of morpholine rings is 1. The summed E-state index contributed by atoms with van der Waals surface area (Å²) >= 11 is 0. The van der Waals surface area contributed by atoms with Crippen molar-refractivity contribution in [1.82, 2.24) is 4.90 Å². The van der Waals surface area contributed by atoms with Crippen molar-refractivity contribution < 1.29 is 19.1 Å². The molecule has 0 amide bonds. The lowest BCUT2D eigenvalue weighted by atomic mass is 10.1. The van der Waals surface area contributed by atoms with Gasteiger partial charge in [-0.25, -0.2) is 0 Å². The Morgan fingerprint density at radius 1 is 1.56 bits per heavy atom. The van der Waals surface area contributed by atoms with Crippen molar-refractivity contribution >= 4 is 6.29 Å². The van der Waals surface area contributed by atoms with Gasteiger partial charge in [0.25, 0.3) is 0 Å². The molecule has 1 aliphatic rings. The number of carbonyl (C=O) groups is 1. The lowest BCUT2D eigenvalue weighted by molar-refractivity contribution is -0.151. The van der Waals surface area contributed by atoms with Crippen LogP contribution in [0.1, 0.15) is 30.2 Å². The number of aliphatic hydroxyl groups is 1. The van der Waals surface area contributed by atoms with Crippen LogP contribution < -0.4 is 0 Å². The second kappa shape index (κ2) is 5.22. The minimum Gasteiger partial charge on any atom is -0.457 e. The van der Waals surface area contributed by atoms with E-state index < -0.39 is 0 Å². The van der Waals surface area contributed by atoms with Gasteiger partial charge in [0.05, 0.1) is 24.9 Å². The highest BCUT2D eigenvalue weighted by atomic mass is 16.5. The molecule has 0 bridgehead atoms. The Hall–Kier alpha value is -1.17. The van der Waals surface area contributed by atoms with E-state index in [2.05, 4.69) is 4.90 Å². The predicted molar refractivity (Wildman–Crippen MR) is 65.4 cm³/mol. The Morgan fingerprint density at radius 3 is 2.94 bits per heavy atom. The third-order valence-corrected chi connectivity index (χ3v) is 2.93. The predicted octanol–water partition coefficient (Wildman–Crippen LogP) is 1.06. The summed E-state index contributed by atoms with van der Waals surface area (Å²) in [6.07, 6.45) is 0.526. The summed E-state index contributed by atoms with van der Waals surface area (Å²) < 4.78 is 11.1. The number of hydrogen-bond donors (Lipinski definition) is 1. The molecule has 18 heavy (non-hydrogen) atoms. The van der Waals surface area contributed by atoms with Crippen LogP contribution in [0.15, 0.2) is 16.5 Å². The van der Waals surface area contributed by atoms with Crippen molar-refractivity contribution in [2.75, 3.05) is 19.7 Å². The first-order valence-corrected chi connectivity index (χ1v) is 6.07. The Balaban J connectivity index is 2.01. The van der Waals surface area contributed by atoms with E-state index in [9.17, 15) is 9.90 Å². The van der Waals surface area contributed by atoms with Crippen LogP contribution in [0.2, 0.25) is 0 Å². The lowest BCUT2D eigenvalue weighted by Crippen LogP contribution is -2.53. The minimum absolute atomic E-state index is 0.0116. The number of aliphatic hydroxyl groups excluding tert-OH is 1. The van der Waals surface area contributed by atoms with Crippen LogP contribution in [0.5, 0.6) is 0 Å². The van der Waals surface area contributed by atoms with E-state index in [0.717, 1.165) is 12.3 Å². The molecule has 2 rings (SSSR count). The maximum atomic E-state index is 10.6. The van der Waals surface area contributed by atoms with Crippen LogP contribution in [0.25, 0.3) is 0 Å². The summed E-state index contributed by atoms with van der Waals surface area (Å²) in [5.74, 6) is 1.10. The fourth-order valence-electron chi connectivity index (χ4n) is 2.40. The Labute approximate surface area is 106 Å². The highest BCUT2D eigenvalue weighted by molar-refractivity contribution is 5.70. The molecular formula is C13H19NO4. The number of nitrogens with zero attached hydrogens (tertiary/aromatic N) is 1. The molecule has 0 aromatic carbocycles. The molecule has 1 atom stereocenters. The maximum Gasteiger partial charge on any atom is 0.185 e. The smallest absolute Gasteiger partial charge is 0.185 e. The fraction of sp³-hybridized carbons (Fsp3) is 0.615. The molecule has 0 saturated carbocycles. The van der Waals surface area contributed by atoms with Gasteiger partial charge in [-0.2, -0.15) is 0 Å². The number of rotatable bonds is 4. The molecule has 1 saturated heterocycles. The largest absolute Gasteiger partial charge is 0.457 e. The molecule has 1 N–H and O–H groups in total. The number of aldehydes is 1. The second-order valence-corrected chi connectivity index (χ2v) is 5.27. The number of carbonyl (C=O) groups excluding carboxylic acids is 1. The van der Waals surface area contributed by atoms with E-state index in [4.69, 9.17) is 9.15 Å². The van der Waals surface area contributed by atoms with Gasteiger partial charge in [-0.15, -0.1) is 0 Å². The van der Waals surface area contributed by atoms with Crippen molar-refractivity contribution in [1.29, 1.82) is 0 Å². The van der Waals surface area contributed by atoms with E-state index >= 15 is 0 Å². The molecule has 0 radical (unpaired) electrons. The molecule has 1 aliphatic heterocycles. The highest BCUT2D eigenvalue weighted by Crippen LogP contribution is 2.22. The molecule has 1 unspecified atom stereocenters. The van der Waals surface area contributed by atoms with E-state index in [1.807, 2.05) is 13.8 Å². The van der Waals surface area contributed by atoms with Gasteiger partial charge in [-0.1, -0.05) is 0 Å². The third kappa shape index (κ3) is 3.19. The standard InChI is InChI=1S/C13H19NO4/c1-13(2)9-14(6-12(8-16)18-13)5-10-3-4-11(7-15)17-10/h3-4,7,12,16H,5-6,8-9H2,1-2H3. The molecule has 1 fully saturated rings. The van der Waals surface area contributed by atoms with Gasteiger partial charge in [0.2, 0.25) is 0 Å². The SMILES string of the molecule is CC1(C)CN(Cc2ccc(C=O)o2)CC(CO)O1. The Bertz CT molecular complexity index is 413. The first-order chi connectivity index (χ1) is 8.52. The highest BCUT2D eigenvalue weighted by Gasteiger charge is 2.33. The van der Waals surface area contributed by atoms with Gasteiger partial charge in [0.1, 0.15) is 5.76 Å². The van der Waals surface area contributed by atoms with Crippen molar-refractivity contribution in [3.63, 3.8) is 0 Å². The maximum absolute atomic E-state index is 10.6. The average Bonchev–Trinajstić information content (AvgIpc) is 2.74. The number of hydrogen-bond acceptors (Lipinski definition) is 5. The fourth-order valence-corrected chi connectivity index (χ4v) is 2.40. The average molecular weight is 253 g/mol. The van der Waals surface area contributed by atoms with Gasteiger partial charge < -0.3 is 14.3 Å². The van der Waals surface area contributed by atoms with Gasteiger partial charge in [-0.3, -0.25) is 9.69 Å². The molecule has 2 heterocycles. The van der Waals surface area contributed by atoms with Gasteiger partial charge in [-0.05, 0) is 26.0 Å². The van der Waals surface area contributed by atoms with Crippen LogP contribution in [0.3, 0.4) is 0 Å². The second-order valence-electron chi connectivity index (χ2n) is 5.27. The molecule has 0 aliphatic carbocycles. The summed E-state index contributed by atoms with van der Waals surface area (Å²) in [4.78, 5) is 12.7. The topological polar surface area (TPSA) is 62.9 Å². The van der Waals surface area contributed by atoms with E-state index in [-0.39, 0.29) is 18.3 Å². The van der Waals surface area contributed by atoms with Crippen LogP contribution in [-0.4, -0.2) is 47.7 Å². The first kappa shape index (κ1) is 13.3. The lowest BCUT2D eigenvalue weighted by Gasteiger charge is -2.42. The summed E-state index contributed by atoms with van der Waals surface area (Å²) in [6.45, 7) is 6.06. The van der Waals surface area contributed by atoms with Crippen LogP contribution >= 0.6 is 0 Å². The molecule has 100 valence electrons. The molecular weight excluding hydrogens is 234 g/mol. The molecule has 1 aromatic heterocycles. The molecule has 5 nitrogen and oxygen atoms in total. The zero-order chi connectivity index (χ0) is 13.2. The number of furan rings is 1. The summed E-state index contributed by atoms with van der Waals surface area (Å²) in [7, 11) is 0. The van der Waals surface area contributed by atoms with Crippen molar-refractivity contribution in [2.45, 2.75) is 32.1 Å². The summed E-state index contributed by atoms with van der Waals surface area (Å²) in [5, 5.41) is 9.23. The van der Waals surface area contributed by atoms with Gasteiger partial charge >= 0.3 is 0 Å². The minimum atomic E-state index is -0.286. The van der Waals surface area contributed by atoms with Gasteiger partial charge in [0, 0.05) is 13.1 Å². The summed E-state index contributed by atoms with van der Waals surface area (Å²) in [6, 6.07) is 3.47. The van der Waals surface area contributed by atoms with Crippen molar-refractivity contribution in [2.24, 2.45) is 0 Å². The van der Waals surface area contributed by atoms with Crippen LogP contribution in [-0.2, 0) is 11.3 Å². The van der Waals surface area contributed by atoms with E-state index in [0.29, 0.717) is 25.1 Å². The normalized spacial score (nSPS) is 24.1. The van der Waals surface area contributed by atoms with Crippen LogP contribution in [0.4, 0.5) is 0 Å². The zero-order valence-electron chi connectivity index (χ0n) is 10.8. The number of ether oxygens (including phenoxy) is 1. The summed E-state index contributed by atoms with van der Waals surface area (Å²) in [5.41, 5.74) is -0.286.